The Morgan fingerprint density at radius 2 is 1.35 bits per heavy atom. The summed E-state index contributed by atoms with van der Waals surface area (Å²) in [6.07, 6.45) is -9.96. The number of nitrogens with one attached hydrogen (secondary N) is 1. The molecule has 372 valence electrons. The van der Waals surface area contributed by atoms with E-state index in [1.54, 1.807) is 6.61 Å². The van der Waals surface area contributed by atoms with Gasteiger partial charge < -0.3 is 88.4 Å². The largest absolute Gasteiger partial charge is 1.00 e. The molecule has 15 unspecified atom stereocenters. The minimum Gasteiger partial charge on any atom is -0.546 e. The second kappa shape index (κ2) is 28.8. The molecule has 66 heavy (non-hydrogen) atoms. The van der Waals surface area contributed by atoms with E-state index in [4.69, 9.17) is 47.4 Å². The summed E-state index contributed by atoms with van der Waals surface area (Å²) in [4.78, 5) is 25.7. The Morgan fingerprint density at radius 1 is 0.712 bits per heavy atom. The molecule has 3 saturated heterocycles. The van der Waals surface area contributed by atoms with Crippen molar-refractivity contribution in [3.05, 3.63) is 30.4 Å². The number of rotatable bonds is 24. The molecule has 0 bridgehead atoms. The molecule has 20 nitrogen and oxygen atoms in total. The standard InChI is InChI=1S/C45H72NO19.Na/c1-25-34(50)36(52)37(53)44(61-25)65-40-33(46-42(55)27-17-18-28(56-2)29(22-27)57-3)43(60-20-13-8-6-5-7-12-16-32(49)58-4)63-31(24-48)39(40)64-45-38(54)41(35(51)30(23-47)62-45)59-21-19-26-14-10-9-11-15-26;/h17-18,21-22,25-26,30-31,33-41,43-45,47-48,50-54H,5-16,19-20,23-24H2,1-4H3,(H,46,55);/q-1;+1. The third kappa shape index (κ3) is 15.3. The Balaban J connectivity index is 0.00000952. The first-order chi connectivity index (χ1) is 31.3. The molecule has 1 amide bonds. The van der Waals surface area contributed by atoms with E-state index in [-0.39, 0.29) is 53.4 Å². The molecule has 0 aromatic heterocycles. The van der Waals surface area contributed by atoms with E-state index in [0.717, 1.165) is 51.4 Å². The molecule has 1 aromatic carbocycles. The van der Waals surface area contributed by atoms with Gasteiger partial charge in [-0.3, -0.25) is 9.59 Å². The predicted octanol–water partition coefficient (Wildman–Crippen LogP) is -2.00. The second-order valence-electron chi connectivity index (χ2n) is 17.2. The number of carbonyl (C=O) groups excluding carboxylic acids is 2. The quantitative estimate of drug-likeness (QED) is 0.0241. The van der Waals surface area contributed by atoms with Crippen LogP contribution in [0.15, 0.2) is 18.2 Å². The first-order valence-electron chi connectivity index (χ1n) is 22.9. The molecule has 4 aliphatic rings. The van der Waals surface area contributed by atoms with Gasteiger partial charge in [0.15, 0.2) is 30.4 Å². The summed E-state index contributed by atoms with van der Waals surface area (Å²) < 4.78 is 58.7. The first-order valence-corrected chi connectivity index (χ1v) is 22.9. The second-order valence-corrected chi connectivity index (χ2v) is 17.2. The number of aliphatic hydroxyl groups is 7. The Labute approximate surface area is 409 Å². The van der Waals surface area contributed by atoms with Crippen molar-refractivity contribution in [3.63, 3.8) is 0 Å². The van der Waals surface area contributed by atoms with Gasteiger partial charge in [-0.15, -0.1) is 0 Å². The molecule has 8 N–H and O–H groups in total. The first kappa shape index (κ1) is 56.8. The summed E-state index contributed by atoms with van der Waals surface area (Å²) >= 11 is 0. The van der Waals surface area contributed by atoms with E-state index in [9.17, 15) is 45.3 Å². The van der Waals surface area contributed by atoms with Crippen LogP contribution in [0.5, 0.6) is 11.5 Å². The van der Waals surface area contributed by atoms with Crippen molar-refractivity contribution in [1.82, 2.24) is 5.32 Å². The molecule has 1 aromatic rings. The summed E-state index contributed by atoms with van der Waals surface area (Å²) in [7, 11) is 4.22. The molecule has 0 radical (unpaired) electrons. The summed E-state index contributed by atoms with van der Waals surface area (Å²) in [6, 6.07) is 3.13. The van der Waals surface area contributed by atoms with Crippen molar-refractivity contribution in [3.8, 4) is 11.5 Å². The SMILES string of the molecule is COC(=O)CCCCCCCCOC1OC(CO)C(OC2OC(CO)C(O)C(O[CH-]CC3CCCCC3)C2O)C(OC2OC(C)C(O)C(O)C2O)C1NC(=O)c1ccc(OC)c(OC)c1.[Na+]. The number of unbranched alkanes of at least 4 members (excludes halogenated alkanes) is 5. The summed E-state index contributed by atoms with van der Waals surface area (Å²) in [5.41, 5.74) is 0.116. The van der Waals surface area contributed by atoms with Crippen LogP contribution in [0, 0.1) is 12.5 Å². The molecule has 1 saturated carbocycles. The molecule has 21 heteroatoms. The van der Waals surface area contributed by atoms with Crippen LogP contribution < -0.4 is 44.3 Å². The summed E-state index contributed by atoms with van der Waals surface area (Å²) in [5, 5.41) is 79.5. The van der Waals surface area contributed by atoms with Crippen LogP contribution in [0.2, 0.25) is 0 Å². The molecule has 1 aliphatic carbocycles. The molecule has 3 aliphatic heterocycles. The zero-order valence-electron chi connectivity index (χ0n) is 38.9. The van der Waals surface area contributed by atoms with E-state index in [1.807, 2.05) is 0 Å². The topological polar surface area (TPSA) is 280 Å². The Morgan fingerprint density at radius 3 is 2.02 bits per heavy atom. The molecular formula is C45H72NNaO19. The minimum atomic E-state index is -1.82. The number of methoxy groups -OCH3 is 3. The number of benzene rings is 1. The minimum absolute atomic E-state index is 0. The monoisotopic (exact) mass is 953 g/mol. The summed E-state index contributed by atoms with van der Waals surface area (Å²) in [5.74, 6) is 0.0640. The van der Waals surface area contributed by atoms with Crippen LogP contribution in [-0.2, 0) is 42.7 Å². The average Bonchev–Trinajstić information content (AvgIpc) is 3.32. The number of carbonyl (C=O) groups is 2. The Bertz CT molecular complexity index is 1580. The smallest absolute Gasteiger partial charge is 0.546 e. The fraction of sp³-hybridized carbons (Fsp3) is 0.800. The van der Waals surface area contributed by atoms with Crippen LogP contribution in [0.1, 0.15) is 101 Å². The van der Waals surface area contributed by atoms with Crippen molar-refractivity contribution in [2.24, 2.45) is 5.92 Å². The maximum Gasteiger partial charge on any atom is 1.00 e. The molecule has 0 spiro atoms. The molecular weight excluding hydrogens is 881 g/mol. The van der Waals surface area contributed by atoms with Gasteiger partial charge in [0.25, 0.3) is 5.91 Å². The van der Waals surface area contributed by atoms with E-state index in [1.165, 1.54) is 52.9 Å². The Hall–Kier alpha value is -1.80. The fourth-order valence-corrected chi connectivity index (χ4v) is 8.75. The van der Waals surface area contributed by atoms with Gasteiger partial charge in [0.2, 0.25) is 0 Å². The molecule has 3 heterocycles. The van der Waals surface area contributed by atoms with Gasteiger partial charge in [0, 0.05) is 18.6 Å². The maximum atomic E-state index is 14.2. The fourth-order valence-electron chi connectivity index (χ4n) is 8.75. The zero-order valence-corrected chi connectivity index (χ0v) is 40.9. The maximum absolute atomic E-state index is 14.2. The van der Waals surface area contributed by atoms with Crippen LogP contribution >= 0.6 is 0 Å². The number of esters is 1. The van der Waals surface area contributed by atoms with Gasteiger partial charge in [-0.25, -0.2) is 6.61 Å². The van der Waals surface area contributed by atoms with Gasteiger partial charge in [0.05, 0.1) is 46.8 Å². The van der Waals surface area contributed by atoms with Crippen molar-refractivity contribution < 1.29 is 122 Å². The third-order valence-electron chi connectivity index (χ3n) is 12.7. The van der Waals surface area contributed by atoms with Crippen molar-refractivity contribution >= 4 is 11.9 Å². The van der Waals surface area contributed by atoms with Crippen molar-refractivity contribution in [1.29, 1.82) is 0 Å². The Kier molecular flexibility index (Phi) is 24.7. The van der Waals surface area contributed by atoms with Gasteiger partial charge >= 0.3 is 35.5 Å². The average molecular weight is 954 g/mol. The van der Waals surface area contributed by atoms with Gasteiger partial charge in [-0.05, 0) is 38.0 Å². The van der Waals surface area contributed by atoms with Gasteiger partial charge in [-0.2, -0.15) is 6.42 Å². The predicted molar refractivity (Wildman–Crippen MR) is 227 cm³/mol. The molecule has 15 atom stereocenters. The van der Waals surface area contributed by atoms with Gasteiger partial charge in [-0.1, -0.05) is 63.7 Å². The number of ether oxygens (including phenoxy) is 10. The van der Waals surface area contributed by atoms with E-state index >= 15 is 0 Å². The van der Waals surface area contributed by atoms with E-state index in [0.29, 0.717) is 37.4 Å². The van der Waals surface area contributed by atoms with Crippen LogP contribution in [-0.4, -0.2) is 181 Å². The van der Waals surface area contributed by atoms with Crippen LogP contribution in [0.4, 0.5) is 0 Å². The van der Waals surface area contributed by atoms with E-state index < -0.39 is 111 Å². The zero-order chi connectivity index (χ0) is 47.0. The number of amides is 1. The van der Waals surface area contributed by atoms with Crippen molar-refractivity contribution in [2.45, 2.75) is 182 Å². The number of aliphatic hydroxyl groups excluding tert-OH is 7. The van der Waals surface area contributed by atoms with Crippen LogP contribution in [0.3, 0.4) is 0 Å². The number of hydrogen-bond acceptors (Lipinski definition) is 19. The number of hydrogen-bond donors (Lipinski definition) is 8. The van der Waals surface area contributed by atoms with E-state index in [2.05, 4.69) is 5.32 Å². The van der Waals surface area contributed by atoms with Crippen LogP contribution in [0.25, 0.3) is 0 Å². The van der Waals surface area contributed by atoms with Gasteiger partial charge in [0.1, 0.15) is 61.0 Å². The normalized spacial score (nSPS) is 34.0. The molecule has 5 rings (SSSR count). The molecule has 4 fully saturated rings. The van der Waals surface area contributed by atoms with Crippen molar-refractivity contribution in [2.75, 3.05) is 41.2 Å². The summed E-state index contributed by atoms with van der Waals surface area (Å²) in [6.45, 7) is 1.71. The third-order valence-corrected chi connectivity index (χ3v) is 12.7.